The fraction of sp³-hybridized carbons (Fsp3) is 0.300. The Balaban J connectivity index is 1.32. The molecule has 28 heavy (non-hydrogen) atoms. The number of hydrogen-bond donors (Lipinski definition) is 0. The van der Waals surface area contributed by atoms with Crippen LogP contribution in [-0.2, 0) is 6.54 Å². The van der Waals surface area contributed by atoms with E-state index in [1.165, 1.54) is 0 Å². The first kappa shape index (κ1) is 18.1. The first-order valence-electron chi connectivity index (χ1n) is 9.11. The Morgan fingerprint density at radius 3 is 2.61 bits per heavy atom. The molecule has 1 aromatic carbocycles. The fourth-order valence-corrected chi connectivity index (χ4v) is 3.15. The van der Waals surface area contributed by atoms with E-state index in [-0.39, 0.29) is 5.91 Å². The van der Waals surface area contributed by atoms with Crippen molar-refractivity contribution < 1.29 is 14.1 Å². The third kappa shape index (κ3) is 4.01. The Morgan fingerprint density at radius 1 is 1.14 bits per heavy atom. The fourth-order valence-electron chi connectivity index (χ4n) is 3.15. The van der Waals surface area contributed by atoms with E-state index in [4.69, 9.17) is 9.26 Å². The van der Waals surface area contributed by atoms with Crippen LogP contribution in [0.5, 0.6) is 5.75 Å². The van der Waals surface area contributed by atoms with Gasteiger partial charge in [0.2, 0.25) is 11.7 Å². The molecule has 0 atom stereocenters. The van der Waals surface area contributed by atoms with Crippen molar-refractivity contribution in [2.45, 2.75) is 6.54 Å². The molecule has 1 aliphatic rings. The molecule has 8 nitrogen and oxygen atoms in total. The van der Waals surface area contributed by atoms with Gasteiger partial charge in [-0.1, -0.05) is 5.16 Å². The van der Waals surface area contributed by atoms with Gasteiger partial charge in [0.15, 0.2) is 0 Å². The molecule has 1 amide bonds. The standard InChI is InChI=1S/C20H21N5O3/c1-27-17-6-4-15(5-7-17)20(26)25-11-9-24(10-12-25)14-18-22-19(23-28-18)16-3-2-8-21-13-16/h2-8,13H,9-12,14H2,1H3. The molecule has 3 heterocycles. The second-order valence-electron chi connectivity index (χ2n) is 6.55. The monoisotopic (exact) mass is 379 g/mol. The summed E-state index contributed by atoms with van der Waals surface area (Å²) < 4.78 is 10.5. The molecule has 1 fully saturated rings. The highest BCUT2D eigenvalue weighted by atomic mass is 16.5. The van der Waals surface area contributed by atoms with Gasteiger partial charge in [-0.3, -0.25) is 14.7 Å². The number of carbonyl (C=O) groups is 1. The van der Waals surface area contributed by atoms with Crippen LogP contribution < -0.4 is 4.74 Å². The minimum absolute atomic E-state index is 0.0407. The van der Waals surface area contributed by atoms with Crippen LogP contribution in [0.4, 0.5) is 0 Å². The number of benzene rings is 1. The van der Waals surface area contributed by atoms with Crippen molar-refractivity contribution in [3.8, 4) is 17.1 Å². The lowest BCUT2D eigenvalue weighted by Gasteiger charge is -2.34. The summed E-state index contributed by atoms with van der Waals surface area (Å²) in [5, 5.41) is 4.02. The summed E-state index contributed by atoms with van der Waals surface area (Å²) in [6.07, 6.45) is 3.41. The molecule has 2 aromatic heterocycles. The lowest BCUT2D eigenvalue weighted by atomic mass is 10.1. The molecule has 0 bridgehead atoms. The predicted octanol–water partition coefficient (Wildman–Crippen LogP) is 2.10. The van der Waals surface area contributed by atoms with Crippen LogP contribution >= 0.6 is 0 Å². The Kier molecular flexibility index (Phi) is 5.29. The van der Waals surface area contributed by atoms with Gasteiger partial charge >= 0.3 is 0 Å². The van der Waals surface area contributed by atoms with Crippen LogP contribution in [0.3, 0.4) is 0 Å². The molecule has 144 valence electrons. The zero-order valence-electron chi connectivity index (χ0n) is 15.6. The van der Waals surface area contributed by atoms with E-state index in [0.717, 1.165) is 24.4 Å². The number of methoxy groups -OCH3 is 1. The summed E-state index contributed by atoms with van der Waals surface area (Å²) in [7, 11) is 1.61. The van der Waals surface area contributed by atoms with E-state index in [1.54, 1.807) is 43.8 Å². The Morgan fingerprint density at radius 2 is 1.93 bits per heavy atom. The third-order valence-electron chi connectivity index (χ3n) is 4.74. The topological polar surface area (TPSA) is 84.6 Å². The second-order valence-corrected chi connectivity index (χ2v) is 6.55. The molecule has 1 aliphatic heterocycles. The third-order valence-corrected chi connectivity index (χ3v) is 4.74. The van der Waals surface area contributed by atoms with Crippen LogP contribution in [-0.4, -0.2) is 64.1 Å². The van der Waals surface area contributed by atoms with Crippen molar-refractivity contribution in [1.29, 1.82) is 0 Å². The SMILES string of the molecule is COc1ccc(C(=O)N2CCN(Cc3nc(-c4cccnc4)no3)CC2)cc1. The van der Waals surface area contributed by atoms with Crippen LogP contribution in [0.1, 0.15) is 16.2 Å². The average Bonchev–Trinajstić information content (AvgIpc) is 3.23. The minimum Gasteiger partial charge on any atom is -0.497 e. The van der Waals surface area contributed by atoms with Crippen LogP contribution in [0.15, 0.2) is 53.3 Å². The number of aromatic nitrogens is 3. The number of rotatable bonds is 5. The van der Waals surface area contributed by atoms with Crippen molar-refractivity contribution in [1.82, 2.24) is 24.9 Å². The largest absolute Gasteiger partial charge is 0.497 e. The Hall–Kier alpha value is -3.26. The van der Waals surface area contributed by atoms with Crippen LogP contribution in [0, 0.1) is 0 Å². The van der Waals surface area contributed by atoms with E-state index in [0.29, 0.717) is 36.9 Å². The Bertz CT molecular complexity index is 919. The van der Waals surface area contributed by atoms with E-state index in [9.17, 15) is 4.79 Å². The van der Waals surface area contributed by atoms with Gasteiger partial charge in [-0.25, -0.2) is 0 Å². The molecule has 0 N–H and O–H groups in total. The summed E-state index contributed by atoms with van der Waals surface area (Å²) in [6.45, 7) is 3.40. The number of ether oxygens (including phenoxy) is 1. The highest BCUT2D eigenvalue weighted by Gasteiger charge is 2.23. The molecule has 0 radical (unpaired) electrons. The van der Waals surface area contributed by atoms with Crippen LogP contribution in [0.25, 0.3) is 11.4 Å². The van der Waals surface area contributed by atoms with E-state index in [2.05, 4.69) is 20.0 Å². The molecule has 1 saturated heterocycles. The number of hydrogen-bond acceptors (Lipinski definition) is 7. The van der Waals surface area contributed by atoms with Gasteiger partial charge in [0.1, 0.15) is 5.75 Å². The van der Waals surface area contributed by atoms with Gasteiger partial charge in [0.05, 0.1) is 13.7 Å². The molecule has 0 unspecified atom stereocenters. The molecule has 0 aliphatic carbocycles. The molecule has 0 spiro atoms. The molecule has 8 heteroatoms. The maximum atomic E-state index is 12.6. The summed E-state index contributed by atoms with van der Waals surface area (Å²) in [5.74, 6) is 1.88. The summed E-state index contributed by atoms with van der Waals surface area (Å²) in [5.41, 5.74) is 1.50. The van der Waals surface area contributed by atoms with Crippen molar-refractivity contribution in [2.75, 3.05) is 33.3 Å². The van der Waals surface area contributed by atoms with E-state index >= 15 is 0 Å². The van der Waals surface area contributed by atoms with E-state index < -0.39 is 0 Å². The number of pyridine rings is 1. The number of nitrogens with zero attached hydrogens (tertiary/aromatic N) is 5. The quantitative estimate of drug-likeness (QED) is 0.671. The maximum absolute atomic E-state index is 12.6. The van der Waals surface area contributed by atoms with Gasteiger partial charge in [-0.05, 0) is 36.4 Å². The van der Waals surface area contributed by atoms with Gasteiger partial charge < -0.3 is 14.2 Å². The van der Waals surface area contributed by atoms with E-state index in [1.807, 2.05) is 17.0 Å². The first-order chi connectivity index (χ1) is 13.7. The summed E-state index contributed by atoms with van der Waals surface area (Å²) in [4.78, 5) is 25.2. The number of piperazine rings is 1. The zero-order chi connectivity index (χ0) is 19.3. The van der Waals surface area contributed by atoms with Gasteiger partial charge in [0, 0.05) is 49.7 Å². The number of amides is 1. The van der Waals surface area contributed by atoms with Gasteiger partial charge in [0.25, 0.3) is 5.91 Å². The van der Waals surface area contributed by atoms with Crippen LogP contribution in [0.2, 0.25) is 0 Å². The second kappa shape index (κ2) is 8.18. The van der Waals surface area contributed by atoms with Gasteiger partial charge in [-0.2, -0.15) is 4.98 Å². The number of carbonyl (C=O) groups excluding carboxylic acids is 1. The maximum Gasteiger partial charge on any atom is 0.253 e. The smallest absolute Gasteiger partial charge is 0.253 e. The van der Waals surface area contributed by atoms with Crippen molar-refractivity contribution in [3.05, 3.63) is 60.2 Å². The van der Waals surface area contributed by atoms with Gasteiger partial charge in [-0.15, -0.1) is 0 Å². The summed E-state index contributed by atoms with van der Waals surface area (Å²) in [6, 6.07) is 10.9. The van der Waals surface area contributed by atoms with Crippen molar-refractivity contribution in [3.63, 3.8) is 0 Å². The Labute approximate surface area is 162 Å². The molecular weight excluding hydrogens is 358 g/mol. The zero-order valence-corrected chi connectivity index (χ0v) is 15.6. The first-order valence-corrected chi connectivity index (χ1v) is 9.11. The molecule has 0 saturated carbocycles. The highest BCUT2D eigenvalue weighted by Crippen LogP contribution is 2.17. The highest BCUT2D eigenvalue weighted by molar-refractivity contribution is 5.94. The van der Waals surface area contributed by atoms with Crippen molar-refractivity contribution >= 4 is 5.91 Å². The average molecular weight is 379 g/mol. The summed E-state index contributed by atoms with van der Waals surface area (Å²) >= 11 is 0. The lowest BCUT2D eigenvalue weighted by Crippen LogP contribution is -2.48. The molecular formula is C20H21N5O3. The minimum atomic E-state index is 0.0407. The van der Waals surface area contributed by atoms with Crippen molar-refractivity contribution in [2.24, 2.45) is 0 Å². The normalized spacial score (nSPS) is 14.8. The lowest BCUT2D eigenvalue weighted by molar-refractivity contribution is 0.0615. The molecule has 3 aromatic rings. The predicted molar refractivity (Wildman–Crippen MR) is 102 cm³/mol. The molecule has 4 rings (SSSR count).